The molecule has 0 saturated carbocycles. The summed E-state index contributed by atoms with van der Waals surface area (Å²) in [7, 11) is -4.60. The Balaban J connectivity index is 1.70. The molecule has 0 aliphatic rings. The highest BCUT2D eigenvalue weighted by Gasteiger charge is 2.27. The van der Waals surface area contributed by atoms with Gasteiger partial charge in [-0.2, -0.15) is 0 Å². The summed E-state index contributed by atoms with van der Waals surface area (Å²) in [4.78, 5) is 22.3. The van der Waals surface area contributed by atoms with Crippen molar-refractivity contribution in [1.29, 1.82) is 0 Å². The standard InChI is InChI=1S/C21H19O8P/c22-15-9-6-14(7-10-15)8-11-18(23)21-19(24)12-17(13-20(21)25)29-30(26,27)28-16-4-2-1-3-5-16/h1-7,9-10,12-13,22,24-25H,8,11H2,(H,26,27). The van der Waals surface area contributed by atoms with Gasteiger partial charge in [-0.05, 0) is 36.2 Å². The van der Waals surface area contributed by atoms with Gasteiger partial charge in [-0.3, -0.25) is 9.69 Å². The van der Waals surface area contributed by atoms with Gasteiger partial charge in [0, 0.05) is 18.6 Å². The predicted octanol–water partition coefficient (Wildman–Crippen LogP) is 4.18. The Bertz CT molecular complexity index is 1060. The van der Waals surface area contributed by atoms with Crippen LogP contribution in [-0.4, -0.2) is 26.0 Å². The Kier molecular flexibility index (Phi) is 6.30. The molecule has 0 saturated heterocycles. The molecule has 0 aliphatic carbocycles. The van der Waals surface area contributed by atoms with E-state index in [1.807, 2.05) is 0 Å². The molecule has 3 rings (SSSR count). The van der Waals surface area contributed by atoms with Crippen LogP contribution in [0.25, 0.3) is 0 Å². The molecule has 8 nitrogen and oxygen atoms in total. The number of para-hydroxylation sites is 1. The van der Waals surface area contributed by atoms with Crippen LogP contribution in [-0.2, 0) is 11.0 Å². The molecule has 0 aliphatic heterocycles. The lowest BCUT2D eigenvalue weighted by atomic mass is 10.0. The first kappa shape index (κ1) is 21.2. The second kappa shape index (κ2) is 8.90. The minimum absolute atomic E-state index is 0.0122. The third kappa shape index (κ3) is 5.53. The van der Waals surface area contributed by atoms with E-state index in [1.165, 1.54) is 24.3 Å². The Hall–Kier alpha value is -3.48. The topological polar surface area (TPSA) is 134 Å². The number of rotatable bonds is 8. The Morgan fingerprint density at radius 1 is 0.833 bits per heavy atom. The molecule has 1 unspecified atom stereocenters. The molecule has 0 amide bonds. The van der Waals surface area contributed by atoms with Gasteiger partial charge in [0.25, 0.3) is 0 Å². The molecular weight excluding hydrogens is 411 g/mol. The van der Waals surface area contributed by atoms with Crippen LogP contribution in [0.1, 0.15) is 22.3 Å². The van der Waals surface area contributed by atoms with Crippen LogP contribution in [0.2, 0.25) is 0 Å². The fourth-order valence-electron chi connectivity index (χ4n) is 2.74. The highest BCUT2D eigenvalue weighted by Crippen LogP contribution is 2.46. The Morgan fingerprint density at radius 2 is 1.40 bits per heavy atom. The van der Waals surface area contributed by atoms with Crippen LogP contribution >= 0.6 is 7.82 Å². The van der Waals surface area contributed by atoms with Gasteiger partial charge in [0.15, 0.2) is 5.78 Å². The van der Waals surface area contributed by atoms with Crippen molar-refractivity contribution in [3.63, 3.8) is 0 Å². The number of hydrogen-bond acceptors (Lipinski definition) is 7. The number of hydrogen-bond donors (Lipinski definition) is 4. The van der Waals surface area contributed by atoms with E-state index in [1.54, 1.807) is 30.3 Å². The maximum atomic E-state index is 12.4. The third-order valence-electron chi connectivity index (χ3n) is 4.11. The largest absolute Gasteiger partial charge is 0.584 e. The number of phosphoric ester groups is 1. The van der Waals surface area contributed by atoms with E-state index in [0.29, 0.717) is 6.42 Å². The number of ketones is 1. The van der Waals surface area contributed by atoms with Crippen molar-refractivity contribution in [3.8, 4) is 28.7 Å². The summed E-state index contributed by atoms with van der Waals surface area (Å²) in [6.45, 7) is 0. The van der Waals surface area contributed by atoms with Crippen LogP contribution in [0, 0.1) is 0 Å². The summed E-state index contributed by atoms with van der Waals surface area (Å²) < 4.78 is 21.9. The van der Waals surface area contributed by atoms with Crippen molar-refractivity contribution in [2.75, 3.05) is 0 Å². The van der Waals surface area contributed by atoms with Gasteiger partial charge in [0.2, 0.25) is 0 Å². The number of phenolic OH excluding ortho intramolecular Hbond substituents is 3. The summed E-state index contributed by atoms with van der Waals surface area (Å²) in [5.41, 5.74) is 0.470. The van der Waals surface area contributed by atoms with Crippen LogP contribution in [0.15, 0.2) is 66.7 Å². The van der Waals surface area contributed by atoms with Crippen molar-refractivity contribution in [1.82, 2.24) is 0 Å². The second-order valence-electron chi connectivity index (χ2n) is 6.39. The zero-order valence-electron chi connectivity index (χ0n) is 15.6. The van der Waals surface area contributed by atoms with Crippen molar-refractivity contribution in [2.24, 2.45) is 0 Å². The van der Waals surface area contributed by atoms with E-state index in [4.69, 9.17) is 9.05 Å². The van der Waals surface area contributed by atoms with Gasteiger partial charge in [-0.25, -0.2) is 4.57 Å². The fourth-order valence-corrected chi connectivity index (χ4v) is 3.53. The molecular formula is C21H19O8P. The lowest BCUT2D eigenvalue weighted by molar-refractivity contribution is 0.0977. The van der Waals surface area contributed by atoms with Crippen LogP contribution < -0.4 is 9.05 Å². The number of aryl methyl sites for hydroxylation is 1. The van der Waals surface area contributed by atoms with E-state index < -0.39 is 25.1 Å². The molecule has 3 aromatic rings. The van der Waals surface area contributed by atoms with Crippen molar-refractivity contribution in [2.45, 2.75) is 12.8 Å². The molecule has 0 aromatic heterocycles. The van der Waals surface area contributed by atoms with Crippen LogP contribution in [0.5, 0.6) is 28.7 Å². The number of carbonyl (C=O) groups excluding carboxylic acids is 1. The molecule has 0 fully saturated rings. The van der Waals surface area contributed by atoms with Crippen LogP contribution in [0.4, 0.5) is 0 Å². The molecule has 0 radical (unpaired) electrons. The Morgan fingerprint density at radius 3 is 2.00 bits per heavy atom. The van der Waals surface area contributed by atoms with E-state index >= 15 is 0 Å². The van der Waals surface area contributed by atoms with E-state index in [2.05, 4.69) is 0 Å². The smallest absolute Gasteiger partial charge is 0.508 e. The summed E-state index contributed by atoms with van der Waals surface area (Å²) in [5.74, 6) is -1.87. The SMILES string of the molecule is O=C(CCc1ccc(O)cc1)c1c(O)cc(OP(=O)(O)Oc2ccccc2)cc1O. The molecule has 0 bridgehead atoms. The third-order valence-corrected chi connectivity index (χ3v) is 4.99. The maximum Gasteiger partial charge on any atom is 0.584 e. The van der Waals surface area contributed by atoms with Gasteiger partial charge >= 0.3 is 7.82 Å². The first-order valence-electron chi connectivity index (χ1n) is 8.87. The van der Waals surface area contributed by atoms with Crippen molar-refractivity contribution in [3.05, 3.63) is 77.9 Å². The predicted molar refractivity (Wildman–Crippen MR) is 108 cm³/mol. The zero-order valence-corrected chi connectivity index (χ0v) is 16.5. The highest BCUT2D eigenvalue weighted by molar-refractivity contribution is 7.48. The molecule has 9 heteroatoms. The average Bonchev–Trinajstić information content (AvgIpc) is 2.67. The van der Waals surface area contributed by atoms with Crippen molar-refractivity contribution >= 4 is 13.6 Å². The molecule has 0 heterocycles. The molecule has 1 atom stereocenters. The van der Waals surface area contributed by atoms with Gasteiger partial charge in [-0.15, -0.1) is 0 Å². The number of Topliss-reactive ketones (excluding diaryl/α,β-unsaturated/α-hetero) is 1. The number of aromatic hydroxyl groups is 3. The van der Waals surface area contributed by atoms with E-state index in [-0.39, 0.29) is 29.2 Å². The summed E-state index contributed by atoms with van der Waals surface area (Å²) >= 11 is 0. The maximum absolute atomic E-state index is 12.4. The van der Waals surface area contributed by atoms with Gasteiger partial charge in [0.05, 0.1) is 0 Å². The summed E-state index contributed by atoms with van der Waals surface area (Å²) in [5, 5.41) is 29.6. The van der Waals surface area contributed by atoms with E-state index in [9.17, 15) is 29.6 Å². The first-order chi connectivity index (χ1) is 14.2. The Labute approximate surface area is 172 Å². The lowest BCUT2D eigenvalue weighted by Crippen LogP contribution is -2.04. The second-order valence-corrected chi connectivity index (χ2v) is 7.69. The number of benzene rings is 3. The quantitative estimate of drug-likeness (QED) is 0.309. The number of phosphoric acid groups is 1. The van der Waals surface area contributed by atoms with E-state index in [0.717, 1.165) is 17.7 Å². The zero-order chi connectivity index (χ0) is 21.7. The van der Waals surface area contributed by atoms with Gasteiger partial charge < -0.3 is 24.4 Å². The summed E-state index contributed by atoms with van der Waals surface area (Å²) in [6, 6.07) is 16.0. The minimum Gasteiger partial charge on any atom is -0.508 e. The highest BCUT2D eigenvalue weighted by atomic mass is 31.2. The molecule has 0 spiro atoms. The number of carbonyl (C=O) groups is 1. The monoisotopic (exact) mass is 430 g/mol. The fraction of sp³-hybridized carbons (Fsp3) is 0.0952. The molecule has 156 valence electrons. The lowest BCUT2D eigenvalue weighted by Gasteiger charge is -2.15. The molecule has 30 heavy (non-hydrogen) atoms. The van der Waals surface area contributed by atoms with Crippen LogP contribution in [0.3, 0.4) is 0 Å². The minimum atomic E-state index is -4.60. The first-order valence-corrected chi connectivity index (χ1v) is 10.4. The number of phenols is 3. The molecule has 4 N–H and O–H groups in total. The van der Waals surface area contributed by atoms with Gasteiger partial charge in [0.1, 0.15) is 34.3 Å². The average molecular weight is 430 g/mol. The summed E-state index contributed by atoms with van der Waals surface area (Å²) in [6.07, 6.45) is 0.314. The van der Waals surface area contributed by atoms with Crippen molar-refractivity contribution < 1.29 is 38.6 Å². The normalized spacial score (nSPS) is 12.7. The molecule has 3 aromatic carbocycles. The van der Waals surface area contributed by atoms with Gasteiger partial charge in [-0.1, -0.05) is 30.3 Å².